The smallest absolute Gasteiger partial charge is 0.230 e. The Kier molecular flexibility index (Phi) is 3.94. The summed E-state index contributed by atoms with van der Waals surface area (Å²) in [4.78, 5) is 25.8. The zero-order valence-corrected chi connectivity index (χ0v) is 12.4. The van der Waals surface area contributed by atoms with Crippen molar-refractivity contribution in [1.29, 1.82) is 0 Å². The van der Waals surface area contributed by atoms with Crippen LogP contribution in [0.3, 0.4) is 0 Å². The van der Waals surface area contributed by atoms with Crippen molar-refractivity contribution in [3.8, 4) is 0 Å². The summed E-state index contributed by atoms with van der Waals surface area (Å²) < 4.78 is 0. The summed E-state index contributed by atoms with van der Waals surface area (Å²) in [6.07, 6.45) is 0.226. The zero-order valence-electron chi connectivity index (χ0n) is 11.7. The highest BCUT2D eigenvalue weighted by Gasteiger charge is 2.39. The fraction of sp³-hybridized carbons (Fsp3) is 0.538. The summed E-state index contributed by atoms with van der Waals surface area (Å²) >= 11 is 5.63. The van der Waals surface area contributed by atoms with E-state index in [1.807, 2.05) is 20.8 Å². The van der Waals surface area contributed by atoms with Gasteiger partial charge in [0.05, 0.1) is 5.92 Å². The number of carbonyl (C=O) groups excluding carboxylic acids is 2. The van der Waals surface area contributed by atoms with Gasteiger partial charge in [-0.25, -0.2) is 0 Å². The first kappa shape index (κ1) is 14.7. The van der Waals surface area contributed by atoms with Crippen molar-refractivity contribution in [1.82, 2.24) is 15.1 Å². The lowest BCUT2D eigenvalue weighted by Crippen LogP contribution is -2.42. The largest absolute Gasteiger partial charge is 0.337 e. The molecule has 2 rings (SSSR count). The first-order valence-electron chi connectivity index (χ1n) is 6.38. The van der Waals surface area contributed by atoms with Crippen LogP contribution in [-0.2, 0) is 9.59 Å². The summed E-state index contributed by atoms with van der Waals surface area (Å²) in [6, 6.07) is 3.12. The number of hydrogen-bond donors (Lipinski definition) is 1. The molecule has 0 aliphatic carbocycles. The molecule has 1 saturated heterocycles. The van der Waals surface area contributed by atoms with Crippen molar-refractivity contribution in [2.24, 2.45) is 5.92 Å². The normalized spacial score (nSPS) is 19.3. The summed E-state index contributed by atoms with van der Waals surface area (Å²) in [5.74, 6) is -0.248. The van der Waals surface area contributed by atoms with E-state index in [4.69, 9.17) is 11.6 Å². The highest BCUT2D eigenvalue weighted by molar-refractivity contribution is 6.29. The maximum atomic E-state index is 12.1. The topological polar surface area (TPSA) is 75.2 Å². The summed E-state index contributed by atoms with van der Waals surface area (Å²) in [7, 11) is 0. The second-order valence-corrected chi connectivity index (χ2v) is 6.19. The van der Waals surface area contributed by atoms with Gasteiger partial charge in [-0.05, 0) is 32.9 Å². The molecule has 20 heavy (non-hydrogen) atoms. The minimum atomic E-state index is -0.362. The first-order chi connectivity index (χ1) is 9.27. The van der Waals surface area contributed by atoms with Crippen LogP contribution in [0.5, 0.6) is 0 Å². The number of likely N-dealkylation sites (tertiary alicyclic amines) is 1. The first-order valence-corrected chi connectivity index (χ1v) is 6.76. The Morgan fingerprint density at radius 2 is 2.10 bits per heavy atom. The van der Waals surface area contributed by atoms with Gasteiger partial charge in [-0.1, -0.05) is 11.6 Å². The van der Waals surface area contributed by atoms with Crippen molar-refractivity contribution in [2.45, 2.75) is 32.7 Å². The molecule has 1 aromatic rings. The molecule has 1 aliphatic heterocycles. The van der Waals surface area contributed by atoms with Crippen LogP contribution in [0.15, 0.2) is 12.1 Å². The third-order valence-corrected chi connectivity index (χ3v) is 3.39. The van der Waals surface area contributed by atoms with Crippen LogP contribution in [-0.4, -0.2) is 39.0 Å². The predicted molar refractivity (Wildman–Crippen MR) is 75.2 cm³/mol. The van der Waals surface area contributed by atoms with Gasteiger partial charge in [-0.3, -0.25) is 9.59 Å². The molecular formula is C13H17ClN4O2. The van der Waals surface area contributed by atoms with Crippen LogP contribution in [0.25, 0.3) is 0 Å². The fourth-order valence-electron chi connectivity index (χ4n) is 2.14. The number of anilines is 1. The van der Waals surface area contributed by atoms with Gasteiger partial charge in [0.15, 0.2) is 11.0 Å². The predicted octanol–water partition coefficient (Wildman–Crippen LogP) is 1.72. The third-order valence-electron chi connectivity index (χ3n) is 3.19. The van der Waals surface area contributed by atoms with Gasteiger partial charge >= 0.3 is 0 Å². The number of aromatic nitrogens is 2. The molecule has 2 amide bonds. The summed E-state index contributed by atoms with van der Waals surface area (Å²) in [5.41, 5.74) is -0.272. The van der Waals surface area contributed by atoms with E-state index in [2.05, 4.69) is 15.5 Å². The number of halogens is 1. The monoisotopic (exact) mass is 296 g/mol. The molecule has 7 heteroatoms. The standard InChI is InChI=1S/C13H17ClN4O2/c1-13(2,3)18-7-8(6-11(18)19)12(20)15-10-5-4-9(14)16-17-10/h4-5,8H,6-7H2,1-3H3,(H,15,17,20). The molecule has 6 nitrogen and oxygen atoms in total. The van der Waals surface area contributed by atoms with Gasteiger partial charge in [-0.2, -0.15) is 0 Å². The van der Waals surface area contributed by atoms with Crippen molar-refractivity contribution in [3.05, 3.63) is 17.3 Å². The van der Waals surface area contributed by atoms with Crippen molar-refractivity contribution in [2.75, 3.05) is 11.9 Å². The highest BCUT2D eigenvalue weighted by atomic mass is 35.5. The van der Waals surface area contributed by atoms with E-state index >= 15 is 0 Å². The molecule has 1 N–H and O–H groups in total. The molecule has 0 saturated carbocycles. The number of hydrogen-bond acceptors (Lipinski definition) is 4. The summed E-state index contributed by atoms with van der Waals surface area (Å²) in [5, 5.41) is 10.3. The molecule has 1 atom stereocenters. The second-order valence-electron chi connectivity index (χ2n) is 5.81. The minimum absolute atomic E-state index is 0.000148. The van der Waals surface area contributed by atoms with Gasteiger partial charge < -0.3 is 10.2 Å². The van der Waals surface area contributed by atoms with E-state index in [-0.39, 0.29) is 34.8 Å². The van der Waals surface area contributed by atoms with Gasteiger partial charge in [0.1, 0.15) is 0 Å². The zero-order chi connectivity index (χ0) is 14.9. The van der Waals surface area contributed by atoms with Crippen LogP contribution in [0.1, 0.15) is 27.2 Å². The lowest BCUT2D eigenvalue weighted by molar-refractivity contribution is -0.131. The van der Waals surface area contributed by atoms with E-state index in [0.29, 0.717) is 12.4 Å². The van der Waals surface area contributed by atoms with Crippen molar-refractivity contribution in [3.63, 3.8) is 0 Å². The molecule has 1 aromatic heterocycles. The van der Waals surface area contributed by atoms with Gasteiger partial charge in [0.25, 0.3) is 0 Å². The van der Waals surface area contributed by atoms with Gasteiger partial charge in [0.2, 0.25) is 11.8 Å². The van der Waals surface area contributed by atoms with Crippen molar-refractivity contribution >= 4 is 29.2 Å². The van der Waals surface area contributed by atoms with E-state index in [0.717, 1.165) is 0 Å². The molecular weight excluding hydrogens is 280 g/mol. The number of nitrogens with zero attached hydrogens (tertiary/aromatic N) is 3. The van der Waals surface area contributed by atoms with Crippen LogP contribution in [0.2, 0.25) is 5.15 Å². The van der Waals surface area contributed by atoms with Gasteiger partial charge in [0, 0.05) is 18.5 Å². The Hall–Kier alpha value is -1.69. The third kappa shape index (κ3) is 3.25. The number of carbonyl (C=O) groups is 2. The highest BCUT2D eigenvalue weighted by Crippen LogP contribution is 2.26. The lowest BCUT2D eigenvalue weighted by atomic mass is 10.1. The Bertz CT molecular complexity index is 524. The Morgan fingerprint density at radius 3 is 2.60 bits per heavy atom. The maximum Gasteiger partial charge on any atom is 0.230 e. The second kappa shape index (κ2) is 5.36. The Morgan fingerprint density at radius 1 is 1.40 bits per heavy atom. The number of nitrogens with one attached hydrogen (secondary N) is 1. The lowest BCUT2D eigenvalue weighted by Gasteiger charge is -2.31. The molecule has 0 aromatic carbocycles. The van der Waals surface area contributed by atoms with Crippen LogP contribution >= 0.6 is 11.6 Å². The maximum absolute atomic E-state index is 12.1. The fourth-order valence-corrected chi connectivity index (χ4v) is 2.24. The van der Waals surface area contributed by atoms with E-state index in [1.54, 1.807) is 17.0 Å². The Balaban J connectivity index is 2.01. The summed E-state index contributed by atoms with van der Waals surface area (Å²) in [6.45, 7) is 6.29. The molecule has 2 heterocycles. The molecule has 0 spiro atoms. The van der Waals surface area contributed by atoms with Crippen LogP contribution < -0.4 is 5.32 Å². The van der Waals surface area contributed by atoms with Crippen LogP contribution in [0.4, 0.5) is 5.82 Å². The molecule has 1 unspecified atom stereocenters. The number of amides is 2. The average molecular weight is 297 g/mol. The van der Waals surface area contributed by atoms with E-state index in [1.165, 1.54) is 0 Å². The van der Waals surface area contributed by atoms with Crippen LogP contribution in [0, 0.1) is 5.92 Å². The SMILES string of the molecule is CC(C)(C)N1CC(C(=O)Nc2ccc(Cl)nn2)CC1=O. The quantitative estimate of drug-likeness (QED) is 0.901. The number of rotatable bonds is 2. The molecule has 1 fully saturated rings. The van der Waals surface area contributed by atoms with Crippen molar-refractivity contribution < 1.29 is 9.59 Å². The van der Waals surface area contributed by atoms with E-state index < -0.39 is 0 Å². The van der Waals surface area contributed by atoms with E-state index in [9.17, 15) is 9.59 Å². The molecule has 108 valence electrons. The minimum Gasteiger partial charge on any atom is -0.337 e. The van der Waals surface area contributed by atoms with Gasteiger partial charge in [-0.15, -0.1) is 10.2 Å². The molecule has 1 aliphatic rings. The molecule has 0 radical (unpaired) electrons. The average Bonchev–Trinajstić information content (AvgIpc) is 2.74. The Labute approximate surface area is 122 Å². The molecule has 0 bridgehead atoms.